The average Bonchev–Trinajstić information content (AvgIpc) is 2.54. The average molecular weight is 278 g/mol. The summed E-state index contributed by atoms with van der Waals surface area (Å²) < 4.78 is 0. The quantitative estimate of drug-likeness (QED) is 0.590. The van der Waals surface area contributed by atoms with Gasteiger partial charge in [-0.2, -0.15) is 0 Å². The standard InChI is InChI=1S/C19H18O2/c1-15(17-10-6-3-7-11-17)19(21)14-18(20)13-12-16-8-4-2-5-9-16/h2-13,15H,14H2,1H3. The van der Waals surface area contributed by atoms with E-state index >= 15 is 0 Å². The fourth-order valence-electron chi connectivity index (χ4n) is 2.06. The molecule has 1 atom stereocenters. The summed E-state index contributed by atoms with van der Waals surface area (Å²) in [6, 6.07) is 19.1. The zero-order valence-corrected chi connectivity index (χ0v) is 12.0. The molecule has 2 aromatic carbocycles. The van der Waals surface area contributed by atoms with Gasteiger partial charge < -0.3 is 0 Å². The number of allylic oxidation sites excluding steroid dienone is 1. The van der Waals surface area contributed by atoms with Crippen LogP contribution in [0.25, 0.3) is 6.08 Å². The summed E-state index contributed by atoms with van der Waals surface area (Å²) in [4.78, 5) is 24.0. The van der Waals surface area contributed by atoms with Crippen LogP contribution in [0.3, 0.4) is 0 Å². The molecule has 2 heteroatoms. The molecule has 0 fully saturated rings. The van der Waals surface area contributed by atoms with E-state index in [4.69, 9.17) is 0 Å². The number of hydrogen-bond acceptors (Lipinski definition) is 2. The van der Waals surface area contributed by atoms with Crippen molar-refractivity contribution in [2.45, 2.75) is 19.3 Å². The van der Waals surface area contributed by atoms with Crippen LogP contribution in [0.4, 0.5) is 0 Å². The van der Waals surface area contributed by atoms with Crippen molar-refractivity contribution in [1.82, 2.24) is 0 Å². The zero-order valence-electron chi connectivity index (χ0n) is 12.0. The van der Waals surface area contributed by atoms with E-state index in [0.29, 0.717) is 0 Å². The third-order valence-corrected chi connectivity index (χ3v) is 3.39. The topological polar surface area (TPSA) is 34.1 Å². The lowest BCUT2D eigenvalue weighted by Gasteiger charge is -2.09. The molecular formula is C19H18O2. The maximum Gasteiger partial charge on any atom is 0.163 e. The van der Waals surface area contributed by atoms with Gasteiger partial charge in [-0.1, -0.05) is 73.7 Å². The molecule has 0 aromatic heterocycles. The number of ketones is 2. The summed E-state index contributed by atoms with van der Waals surface area (Å²) in [6.45, 7) is 1.84. The molecule has 0 radical (unpaired) electrons. The lowest BCUT2D eigenvalue weighted by atomic mass is 9.94. The van der Waals surface area contributed by atoms with Gasteiger partial charge >= 0.3 is 0 Å². The van der Waals surface area contributed by atoms with E-state index in [9.17, 15) is 9.59 Å². The van der Waals surface area contributed by atoms with Gasteiger partial charge in [-0.25, -0.2) is 0 Å². The number of benzene rings is 2. The van der Waals surface area contributed by atoms with E-state index in [1.807, 2.05) is 67.6 Å². The number of hydrogen-bond donors (Lipinski definition) is 0. The van der Waals surface area contributed by atoms with Crippen LogP contribution in [0.5, 0.6) is 0 Å². The van der Waals surface area contributed by atoms with Crippen LogP contribution in [-0.4, -0.2) is 11.6 Å². The lowest BCUT2D eigenvalue weighted by molar-refractivity contribution is -0.125. The van der Waals surface area contributed by atoms with Crippen molar-refractivity contribution in [3.05, 3.63) is 77.9 Å². The van der Waals surface area contributed by atoms with Gasteiger partial charge in [0, 0.05) is 5.92 Å². The molecule has 0 N–H and O–H groups in total. The molecule has 1 unspecified atom stereocenters. The molecule has 0 aliphatic carbocycles. The molecule has 0 saturated heterocycles. The van der Waals surface area contributed by atoms with Gasteiger partial charge in [-0.15, -0.1) is 0 Å². The summed E-state index contributed by atoms with van der Waals surface area (Å²) >= 11 is 0. The van der Waals surface area contributed by atoms with Crippen molar-refractivity contribution in [3.63, 3.8) is 0 Å². The molecule has 0 heterocycles. The fraction of sp³-hybridized carbons (Fsp3) is 0.158. The fourth-order valence-corrected chi connectivity index (χ4v) is 2.06. The van der Waals surface area contributed by atoms with Gasteiger partial charge in [-0.05, 0) is 17.2 Å². The second-order valence-corrected chi connectivity index (χ2v) is 4.99. The highest BCUT2D eigenvalue weighted by Crippen LogP contribution is 2.17. The van der Waals surface area contributed by atoms with E-state index < -0.39 is 0 Å². The minimum atomic E-state index is -0.250. The van der Waals surface area contributed by atoms with Crippen molar-refractivity contribution in [2.75, 3.05) is 0 Å². The largest absolute Gasteiger partial charge is 0.299 e. The Labute approximate surface area is 125 Å². The van der Waals surface area contributed by atoms with Crippen LogP contribution >= 0.6 is 0 Å². The Morgan fingerprint density at radius 1 is 0.952 bits per heavy atom. The van der Waals surface area contributed by atoms with Gasteiger partial charge in [0.2, 0.25) is 0 Å². The number of Topliss-reactive ketones (excluding diaryl/α,β-unsaturated/α-hetero) is 1. The highest BCUT2D eigenvalue weighted by Gasteiger charge is 2.16. The summed E-state index contributed by atoms with van der Waals surface area (Å²) in [6.07, 6.45) is 3.16. The Balaban J connectivity index is 1.93. The number of rotatable bonds is 6. The summed E-state index contributed by atoms with van der Waals surface area (Å²) in [5.74, 6) is -0.462. The Morgan fingerprint density at radius 3 is 2.14 bits per heavy atom. The normalized spacial score (nSPS) is 12.2. The monoisotopic (exact) mass is 278 g/mol. The van der Waals surface area contributed by atoms with E-state index in [1.54, 1.807) is 6.08 Å². The SMILES string of the molecule is CC(C(=O)CC(=O)C=Cc1ccccc1)c1ccccc1. The van der Waals surface area contributed by atoms with Gasteiger partial charge in [0.25, 0.3) is 0 Å². The van der Waals surface area contributed by atoms with Crippen LogP contribution in [0, 0.1) is 0 Å². The molecule has 2 rings (SSSR count). The maximum absolute atomic E-state index is 12.1. The van der Waals surface area contributed by atoms with Gasteiger partial charge in [0.1, 0.15) is 5.78 Å². The van der Waals surface area contributed by atoms with E-state index in [1.165, 1.54) is 6.08 Å². The lowest BCUT2D eigenvalue weighted by Crippen LogP contribution is -2.13. The van der Waals surface area contributed by atoms with Crippen molar-refractivity contribution >= 4 is 17.6 Å². The smallest absolute Gasteiger partial charge is 0.163 e. The Bertz CT molecular complexity index is 627. The van der Waals surface area contributed by atoms with Crippen LogP contribution < -0.4 is 0 Å². The molecule has 21 heavy (non-hydrogen) atoms. The predicted molar refractivity (Wildman–Crippen MR) is 85.0 cm³/mol. The van der Waals surface area contributed by atoms with E-state index in [-0.39, 0.29) is 23.9 Å². The van der Waals surface area contributed by atoms with Crippen molar-refractivity contribution in [2.24, 2.45) is 0 Å². The third kappa shape index (κ3) is 4.53. The molecule has 0 aliphatic heterocycles. The minimum Gasteiger partial charge on any atom is -0.299 e. The summed E-state index contributed by atoms with van der Waals surface area (Å²) in [7, 11) is 0. The van der Waals surface area contributed by atoms with Gasteiger partial charge in [0.05, 0.1) is 6.42 Å². The number of carbonyl (C=O) groups excluding carboxylic acids is 2. The number of carbonyl (C=O) groups is 2. The van der Waals surface area contributed by atoms with Gasteiger partial charge in [0.15, 0.2) is 5.78 Å². The molecule has 0 spiro atoms. The van der Waals surface area contributed by atoms with E-state index in [2.05, 4.69) is 0 Å². The van der Waals surface area contributed by atoms with Crippen molar-refractivity contribution < 1.29 is 9.59 Å². The zero-order chi connectivity index (χ0) is 15.1. The first kappa shape index (κ1) is 14.9. The molecule has 0 aliphatic rings. The van der Waals surface area contributed by atoms with E-state index in [0.717, 1.165) is 11.1 Å². The van der Waals surface area contributed by atoms with Gasteiger partial charge in [-0.3, -0.25) is 9.59 Å². The third-order valence-electron chi connectivity index (χ3n) is 3.39. The highest BCUT2D eigenvalue weighted by atomic mass is 16.1. The Morgan fingerprint density at radius 2 is 1.52 bits per heavy atom. The van der Waals surface area contributed by atoms with Crippen molar-refractivity contribution in [1.29, 1.82) is 0 Å². The molecule has 2 aromatic rings. The first-order valence-electron chi connectivity index (χ1n) is 7.00. The summed E-state index contributed by atoms with van der Waals surface area (Å²) in [5, 5.41) is 0. The van der Waals surface area contributed by atoms with Crippen LogP contribution in [0.2, 0.25) is 0 Å². The minimum absolute atomic E-state index is 0.0519. The molecule has 0 bridgehead atoms. The Hall–Kier alpha value is -2.48. The molecule has 0 saturated carbocycles. The molecular weight excluding hydrogens is 260 g/mol. The highest BCUT2D eigenvalue weighted by molar-refractivity contribution is 6.07. The summed E-state index contributed by atoms with van der Waals surface area (Å²) in [5.41, 5.74) is 1.90. The van der Waals surface area contributed by atoms with Crippen LogP contribution in [-0.2, 0) is 9.59 Å². The molecule has 2 nitrogen and oxygen atoms in total. The Kier molecular flexibility index (Phi) is 5.22. The van der Waals surface area contributed by atoms with Crippen LogP contribution in [0.15, 0.2) is 66.7 Å². The predicted octanol–water partition coefficient (Wildman–Crippen LogP) is 4.03. The second-order valence-electron chi connectivity index (χ2n) is 4.99. The molecule has 0 amide bonds. The van der Waals surface area contributed by atoms with Crippen molar-refractivity contribution in [3.8, 4) is 0 Å². The maximum atomic E-state index is 12.1. The molecule has 106 valence electrons. The van der Waals surface area contributed by atoms with Crippen LogP contribution in [0.1, 0.15) is 30.4 Å². The first-order valence-corrected chi connectivity index (χ1v) is 7.00. The first-order chi connectivity index (χ1) is 10.2. The second kappa shape index (κ2) is 7.34.